The van der Waals surface area contributed by atoms with Gasteiger partial charge in [0, 0.05) is 0 Å². The van der Waals surface area contributed by atoms with Crippen LogP contribution in [0.2, 0.25) is 0 Å². The Bertz CT molecular complexity index is 412. The Morgan fingerprint density at radius 3 is 2.11 bits per heavy atom. The lowest BCUT2D eigenvalue weighted by atomic mass is 10.1. The van der Waals surface area contributed by atoms with Crippen molar-refractivity contribution in [2.45, 2.75) is 6.42 Å². The maximum Gasteiger partial charge on any atom is 0.305 e. The highest BCUT2D eigenvalue weighted by atomic mass is 35.5. The summed E-state index contributed by atoms with van der Waals surface area (Å²) in [6, 6.07) is 3.35. The molecule has 0 fully saturated rings. The number of rotatable bonds is 6. The van der Waals surface area contributed by atoms with Crippen molar-refractivity contribution in [3.05, 3.63) is 30.0 Å². The van der Waals surface area contributed by atoms with Crippen molar-refractivity contribution in [3.63, 3.8) is 0 Å². The van der Waals surface area contributed by atoms with Crippen LogP contribution in [0.1, 0.15) is 5.56 Å². The lowest BCUT2D eigenvalue weighted by molar-refractivity contribution is 0.323. The van der Waals surface area contributed by atoms with Crippen molar-refractivity contribution in [3.8, 4) is 17.2 Å². The van der Waals surface area contributed by atoms with E-state index >= 15 is 0 Å². The van der Waals surface area contributed by atoms with Crippen LogP contribution in [0.3, 0.4) is 0 Å². The maximum atomic E-state index is 12.0. The molecule has 0 unspecified atom stereocenters. The molecule has 0 aliphatic rings. The maximum absolute atomic E-state index is 12.0. The molecule has 108 valence electrons. The third-order valence-electron chi connectivity index (χ3n) is 2.22. The predicted octanol–water partition coefficient (Wildman–Crippen LogP) is 2.74. The van der Waals surface area contributed by atoms with Gasteiger partial charge < -0.3 is 19.9 Å². The Balaban J connectivity index is 0.00000324. The van der Waals surface area contributed by atoms with Crippen LogP contribution < -0.4 is 19.9 Å². The van der Waals surface area contributed by atoms with Crippen LogP contribution in [0.5, 0.6) is 17.2 Å². The number of benzene rings is 1. The molecule has 0 radical (unpaired) electrons. The summed E-state index contributed by atoms with van der Waals surface area (Å²) in [7, 11) is 2.84. The van der Waals surface area contributed by atoms with Crippen LogP contribution in [0.25, 0.3) is 0 Å². The molecule has 0 aliphatic heterocycles. The number of nitrogens with two attached hydrogens (primary N) is 1. The first kappa shape index (κ1) is 17.5. The molecule has 0 heterocycles. The van der Waals surface area contributed by atoms with Gasteiger partial charge in [-0.3, -0.25) is 0 Å². The third kappa shape index (κ3) is 4.92. The fourth-order valence-electron chi connectivity index (χ4n) is 1.46. The number of hydrogen-bond donors (Lipinski definition) is 1. The van der Waals surface area contributed by atoms with Gasteiger partial charge in [-0.05, 0) is 30.7 Å². The van der Waals surface area contributed by atoms with E-state index in [0.29, 0.717) is 30.7 Å². The van der Waals surface area contributed by atoms with Gasteiger partial charge in [-0.25, -0.2) is 0 Å². The molecule has 19 heavy (non-hydrogen) atoms. The Morgan fingerprint density at radius 2 is 1.74 bits per heavy atom. The van der Waals surface area contributed by atoms with E-state index in [4.69, 9.17) is 19.9 Å². The fourth-order valence-corrected chi connectivity index (χ4v) is 1.46. The normalized spacial score (nSPS) is 9.32. The minimum Gasteiger partial charge on any atom is -0.493 e. The molecule has 7 heteroatoms. The van der Waals surface area contributed by atoms with Gasteiger partial charge in [-0.2, -0.15) is 8.78 Å². The summed E-state index contributed by atoms with van der Waals surface area (Å²) in [6.45, 7) is 0.464. The molecule has 0 spiro atoms. The van der Waals surface area contributed by atoms with Gasteiger partial charge in [0.05, 0.1) is 14.2 Å². The van der Waals surface area contributed by atoms with E-state index in [1.807, 2.05) is 0 Å². The van der Waals surface area contributed by atoms with Crippen LogP contribution >= 0.6 is 12.4 Å². The topological polar surface area (TPSA) is 53.7 Å². The van der Waals surface area contributed by atoms with E-state index in [-0.39, 0.29) is 18.2 Å². The second-order valence-corrected chi connectivity index (χ2v) is 3.39. The van der Waals surface area contributed by atoms with Crippen molar-refractivity contribution in [1.82, 2.24) is 0 Å². The van der Waals surface area contributed by atoms with Crippen molar-refractivity contribution in [1.29, 1.82) is 0 Å². The minimum absolute atomic E-state index is 0. The Labute approximate surface area is 116 Å². The molecule has 0 saturated carbocycles. The van der Waals surface area contributed by atoms with Crippen LogP contribution in [-0.4, -0.2) is 20.8 Å². The van der Waals surface area contributed by atoms with E-state index in [1.165, 1.54) is 14.2 Å². The smallest absolute Gasteiger partial charge is 0.305 e. The monoisotopic (exact) mass is 295 g/mol. The van der Waals surface area contributed by atoms with Gasteiger partial charge in [0.1, 0.15) is 0 Å². The molecule has 0 atom stereocenters. The first-order chi connectivity index (χ1) is 8.62. The summed E-state index contributed by atoms with van der Waals surface area (Å²) in [5, 5.41) is 0. The average molecular weight is 296 g/mol. The highest BCUT2D eigenvalue weighted by Gasteiger charge is 2.14. The van der Waals surface area contributed by atoms with Gasteiger partial charge >= 0.3 is 6.08 Å². The molecular weight excluding hydrogens is 280 g/mol. The van der Waals surface area contributed by atoms with Gasteiger partial charge in [0.15, 0.2) is 17.8 Å². The van der Waals surface area contributed by atoms with E-state index in [9.17, 15) is 8.78 Å². The second-order valence-electron chi connectivity index (χ2n) is 3.39. The number of halogens is 3. The zero-order chi connectivity index (χ0) is 13.5. The summed E-state index contributed by atoms with van der Waals surface area (Å²) < 4.78 is 39.1. The molecule has 0 amide bonds. The van der Waals surface area contributed by atoms with E-state index in [1.54, 1.807) is 12.1 Å². The van der Waals surface area contributed by atoms with Gasteiger partial charge in [-0.15, -0.1) is 12.4 Å². The highest BCUT2D eigenvalue weighted by molar-refractivity contribution is 5.85. The molecule has 0 saturated heterocycles. The minimum atomic E-state index is -1.94. The Hall–Kier alpha value is -1.53. The molecular formula is C12H16ClF2NO3. The van der Waals surface area contributed by atoms with E-state index in [0.717, 1.165) is 5.56 Å². The molecule has 0 bridgehead atoms. The van der Waals surface area contributed by atoms with Crippen LogP contribution in [0, 0.1) is 0 Å². The quantitative estimate of drug-likeness (QED) is 0.820. The van der Waals surface area contributed by atoms with E-state index in [2.05, 4.69) is 0 Å². The van der Waals surface area contributed by atoms with Crippen molar-refractivity contribution < 1.29 is 23.0 Å². The average Bonchev–Trinajstić information content (AvgIpc) is 2.36. The summed E-state index contributed by atoms with van der Waals surface area (Å²) in [6.07, 6.45) is -0.978. The van der Waals surface area contributed by atoms with Crippen LogP contribution in [0.15, 0.2) is 24.5 Å². The van der Waals surface area contributed by atoms with Gasteiger partial charge in [0.25, 0.3) is 0 Å². The standard InChI is InChI=1S/C12H15F2NO3.ClH/c1-16-9-5-8(3-4-15)6-10(17-2)12(9)18-7-11(13)14;/h5-7H,3-4,15H2,1-2H3;1H. The van der Waals surface area contributed by atoms with Crippen molar-refractivity contribution in [2.75, 3.05) is 20.8 Å². The number of ether oxygens (including phenoxy) is 3. The van der Waals surface area contributed by atoms with Crippen molar-refractivity contribution >= 4 is 12.4 Å². The zero-order valence-corrected chi connectivity index (χ0v) is 11.4. The SMILES string of the molecule is COc1cc(CCN)cc(OC)c1OC=C(F)F.Cl. The van der Waals surface area contributed by atoms with Crippen LogP contribution in [-0.2, 0) is 6.42 Å². The molecule has 4 nitrogen and oxygen atoms in total. The van der Waals surface area contributed by atoms with Gasteiger partial charge in [-0.1, -0.05) is 0 Å². The second kappa shape index (κ2) is 8.55. The summed E-state index contributed by atoms with van der Waals surface area (Å²) in [4.78, 5) is 0. The Morgan fingerprint density at radius 1 is 1.21 bits per heavy atom. The highest BCUT2D eigenvalue weighted by Crippen LogP contribution is 2.39. The predicted molar refractivity (Wildman–Crippen MR) is 70.5 cm³/mol. The first-order valence-corrected chi connectivity index (χ1v) is 5.25. The third-order valence-corrected chi connectivity index (χ3v) is 2.22. The van der Waals surface area contributed by atoms with Crippen LogP contribution in [0.4, 0.5) is 8.78 Å². The molecule has 0 aromatic heterocycles. The fraction of sp³-hybridized carbons (Fsp3) is 0.333. The van der Waals surface area contributed by atoms with Gasteiger partial charge in [0.2, 0.25) is 5.75 Å². The summed E-state index contributed by atoms with van der Waals surface area (Å²) in [5.41, 5.74) is 6.34. The molecule has 2 N–H and O–H groups in total. The molecule has 0 aliphatic carbocycles. The number of methoxy groups -OCH3 is 2. The lowest BCUT2D eigenvalue weighted by Crippen LogP contribution is -2.04. The number of hydrogen-bond acceptors (Lipinski definition) is 4. The zero-order valence-electron chi connectivity index (χ0n) is 10.6. The van der Waals surface area contributed by atoms with Crippen molar-refractivity contribution in [2.24, 2.45) is 5.73 Å². The van der Waals surface area contributed by atoms with E-state index < -0.39 is 6.08 Å². The molecule has 1 aromatic rings. The molecule has 1 rings (SSSR count). The lowest BCUT2D eigenvalue weighted by Gasteiger charge is -2.13. The molecule has 1 aromatic carbocycles. The first-order valence-electron chi connectivity index (χ1n) is 5.25. The summed E-state index contributed by atoms with van der Waals surface area (Å²) >= 11 is 0. The summed E-state index contributed by atoms with van der Waals surface area (Å²) in [5.74, 6) is 0.735. The largest absolute Gasteiger partial charge is 0.493 e. The Kier molecular flexibility index (Phi) is 7.86.